The van der Waals surface area contributed by atoms with Crippen LogP contribution in [-0.4, -0.2) is 42.3 Å². The van der Waals surface area contributed by atoms with Crippen molar-refractivity contribution >= 4 is 22.4 Å². The molecule has 0 aliphatic carbocycles. The summed E-state index contributed by atoms with van der Waals surface area (Å²) in [5.41, 5.74) is 2.44. The Balaban J connectivity index is 1.60. The Labute approximate surface area is 156 Å². The second-order valence-electron chi connectivity index (χ2n) is 8.56. The molecule has 1 aromatic heterocycles. The van der Waals surface area contributed by atoms with Crippen molar-refractivity contribution in [2.45, 2.75) is 71.9 Å². The van der Waals surface area contributed by atoms with Crippen LogP contribution in [0.2, 0.25) is 0 Å². The van der Waals surface area contributed by atoms with Crippen molar-refractivity contribution in [1.29, 1.82) is 0 Å². The van der Waals surface area contributed by atoms with Gasteiger partial charge in [0, 0.05) is 25.7 Å². The Hall–Kier alpha value is -1.23. The van der Waals surface area contributed by atoms with Crippen LogP contribution >= 0.6 is 11.3 Å². The summed E-state index contributed by atoms with van der Waals surface area (Å²) in [7, 11) is 0. The summed E-state index contributed by atoms with van der Waals surface area (Å²) < 4.78 is 5.53. The van der Waals surface area contributed by atoms with Gasteiger partial charge in [-0.2, -0.15) is 0 Å². The summed E-state index contributed by atoms with van der Waals surface area (Å²) >= 11 is 1.89. The van der Waals surface area contributed by atoms with E-state index in [1.54, 1.807) is 0 Å². The third kappa shape index (κ3) is 4.13. The zero-order valence-corrected chi connectivity index (χ0v) is 17.1. The zero-order valence-electron chi connectivity index (χ0n) is 16.3. The van der Waals surface area contributed by atoms with Crippen molar-refractivity contribution in [3.05, 3.63) is 16.5 Å². The van der Waals surface area contributed by atoms with Gasteiger partial charge in [0.15, 0.2) is 0 Å². The smallest absolute Gasteiger partial charge is 0.410 e. The fourth-order valence-corrected chi connectivity index (χ4v) is 5.27. The summed E-state index contributed by atoms with van der Waals surface area (Å²) in [5, 5.41) is 3.75. The summed E-state index contributed by atoms with van der Waals surface area (Å²) in [6.07, 6.45) is 4.59. The molecule has 2 aliphatic heterocycles. The first kappa shape index (κ1) is 18.6. The Bertz CT molecular complexity index is 612. The van der Waals surface area contributed by atoms with Crippen molar-refractivity contribution in [1.82, 2.24) is 4.90 Å². The molecule has 1 atom stereocenters. The largest absolute Gasteiger partial charge is 0.444 e. The molecule has 1 amide bonds. The van der Waals surface area contributed by atoms with E-state index in [0.717, 1.165) is 25.9 Å². The van der Waals surface area contributed by atoms with Crippen molar-refractivity contribution in [3.63, 3.8) is 0 Å². The van der Waals surface area contributed by atoms with Crippen LogP contribution in [0, 0.1) is 19.8 Å². The third-order valence-corrected chi connectivity index (χ3v) is 6.79. The SMILES string of the molecule is Cc1csc(N2CCCC2C2CCN(C(=O)OC(C)(C)C)CC2)c1C. The number of rotatable bonds is 2. The first-order chi connectivity index (χ1) is 11.8. The lowest BCUT2D eigenvalue weighted by atomic mass is 9.88. The summed E-state index contributed by atoms with van der Waals surface area (Å²) in [5.74, 6) is 0.683. The minimum Gasteiger partial charge on any atom is -0.444 e. The number of likely N-dealkylation sites (tertiary alicyclic amines) is 1. The molecule has 5 heteroatoms. The van der Waals surface area contributed by atoms with Crippen LogP contribution in [0.4, 0.5) is 9.80 Å². The Morgan fingerprint density at radius 3 is 2.40 bits per heavy atom. The second kappa shape index (κ2) is 7.18. The number of hydrogen-bond acceptors (Lipinski definition) is 4. The molecule has 140 valence electrons. The van der Waals surface area contributed by atoms with Crippen molar-refractivity contribution in [3.8, 4) is 0 Å². The molecule has 3 rings (SSSR count). The minimum absolute atomic E-state index is 0.154. The quantitative estimate of drug-likeness (QED) is 0.742. The predicted molar refractivity (Wildman–Crippen MR) is 105 cm³/mol. The average Bonchev–Trinajstić information content (AvgIpc) is 3.14. The van der Waals surface area contributed by atoms with Gasteiger partial charge in [-0.15, -0.1) is 11.3 Å². The molecular weight excluding hydrogens is 332 g/mol. The number of carbonyl (C=O) groups excluding carboxylic acids is 1. The van der Waals surface area contributed by atoms with Crippen molar-refractivity contribution in [2.24, 2.45) is 5.92 Å². The molecule has 0 saturated carbocycles. The average molecular weight is 365 g/mol. The van der Waals surface area contributed by atoms with Crippen LogP contribution in [0.15, 0.2) is 5.38 Å². The fourth-order valence-electron chi connectivity index (χ4n) is 4.10. The second-order valence-corrected chi connectivity index (χ2v) is 9.41. The van der Waals surface area contributed by atoms with Crippen molar-refractivity contribution in [2.75, 3.05) is 24.5 Å². The van der Waals surface area contributed by atoms with E-state index in [1.165, 1.54) is 35.5 Å². The van der Waals surface area contributed by atoms with E-state index in [4.69, 9.17) is 4.74 Å². The van der Waals surface area contributed by atoms with Gasteiger partial charge < -0.3 is 14.5 Å². The number of aryl methyl sites for hydroxylation is 1. The van der Waals surface area contributed by atoms with Gasteiger partial charge in [-0.3, -0.25) is 0 Å². The van der Waals surface area contributed by atoms with E-state index >= 15 is 0 Å². The summed E-state index contributed by atoms with van der Waals surface area (Å²) in [6.45, 7) is 13.1. The zero-order chi connectivity index (χ0) is 18.2. The molecule has 1 unspecified atom stereocenters. The van der Waals surface area contributed by atoms with Gasteiger partial charge in [0.05, 0.1) is 5.00 Å². The predicted octanol–water partition coefficient (Wildman–Crippen LogP) is 4.98. The Morgan fingerprint density at radius 2 is 1.84 bits per heavy atom. The van der Waals surface area contributed by atoms with Crippen LogP contribution < -0.4 is 4.90 Å². The number of piperidine rings is 1. The van der Waals surface area contributed by atoms with Gasteiger partial charge in [-0.25, -0.2) is 4.79 Å². The molecule has 0 N–H and O–H groups in total. The van der Waals surface area contributed by atoms with Crippen molar-refractivity contribution < 1.29 is 9.53 Å². The summed E-state index contributed by atoms with van der Waals surface area (Å²) in [4.78, 5) is 16.8. The van der Waals surface area contributed by atoms with Gasteiger partial charge in [0.25, 0.3) is 0 Å². The lowest BCUT2D eigenvalue weighted by Gasteiger charge is -2.39. The summed E-state index contributed by atoms with van der Waals surface area (Å²) in [6, 6.07) is 0.637. The molecule has 3 heterocycles. The molecule has 0 spiro atoms. The van der Waals surface area contributed by atoms with E-state index in [0.29, 0.717) is 12.0 Å². The molecule has 0 bridgehead atoms. The number of hydrogen-bond donors (Lipinski definition) is 0. The highest BCUT2D eigenvalue weighted by Crippen LogP contribution is 2.39. The van der Waals surface area contributed by atoms with E-state index in [1.807, 2.05) is 37.0 Å². The normalized spacial score (nSPS) is 22.5. The lowest BCUT2D eigenvalue weighted by molar-refractivity contribution is 0.0175. The van der Waals surface area contributed by atoms with E-state index in [2.05, 4.69) is 24.1 Å². The standard InChI is InChI=1S/C20H32N2O2S/c1-14-13-25-18(15(14)2)22-10-6-7-17(22)16-8-11-21(12-9-16)19(23)24-20(3,4)5/h13,16-17H,6-12H2,1-5H3. The first-order valence-corrected chi connectivity index (χ1v) is 10.4. The maximum Gasteiger partial charge on any atom is 0.410 e. The number of ether oxygens (including phenoxy) is 1. The van der Waals surface area contributed by atoms with Gasteiger partial charge >= 0.3 is 6.09 Å². The number of anilines is 1. The van der Waals surface area contributed by atoms with Gasteiger partial charge in [0.2, 0.25) is 0 Å². The highest BCUT2D eigenvalue weighted by Gasteiger charge is 2.36. The molecule has 2 fully saturated rings. The van der Waals surface area contributed by atoms with E-state index in [9.17, 15) is 4.79 Å². The van der Waals surface area contributed by atoms with Crippen LogP contribution in [0.1, 0.15) is 57.6 Å². The van der Waals surface area contributed by atoms with Crippen LogP contribution in [0.25, 0.3) is 0 Å². The minimum atomic E-state index is -0.412. The van der Waals surface area contributed by atoms with E-state index < -0.39 is 5.60 Å². The Kier molecular flexibility index (Phi) is 5.33. The van der Waals surface area contributed by atoms with Crippen LogP contribution in [-0.2, 0) is 4.74 Å². The first-order valence-electron chi connectivity index (χ1n) is 9.55. The van der Waals surface area contributed by atoms with Gasteiger partial charge in [-0.1, -0.05) is 0 Å². The monoisotopic (exact) mass is 364 g/mol. The van der Waals surface area contributed by atoms with Gasteiger partial charge in [-0.05, 0) is 82.7 Å². The molecule has 0 aromatic carbocycles. The maximum absolute atomic E-state index is 12.3. The Morgan fingerprint density at radius 1 is 1.16 bits per heavy atom. The molecule has 2 aliphatic rings. The molecule has 1 aromatic rings. The molecule has 4 nitrogen and oxygen atoms in total. The number of carbonyl (C=O) groups is 1. The molecule has 25 heavy (non-hydrogen) atoms. The third-order valence-electron chi connectivity index (χ3n) is 5.56. The topological polar surface area (TPSA) is 32.8 Å². The molecule has 2 saturated heterocycles. The van der Waals surface area contributed by atoms with Crippen LogP contribution in [0.5, 0.6) is 0 Å². The number of nitrogens with zero attached hydrogens (tertiary/aromatic N) is 2. The lowest BCUT2D eigenvalue weighted by Crippen LogP contribution is -2.46. The fraction of sp³-hybridized carbons (Fsp3) is 0.750. The van der Waals surface area contributed by atoms with E-state index in [-0.39, 0.29) is 6.09 Å². The van der Waals surface area contributed by atoms with Gasteiger partial charge in [0.1, 0.15) is 5.60 Å². The molecule has 0 radical (unpaired) electrons. The number of amides is 1. The highest BCUT2D eigenvalue weighted by atomic mass is 32.1. The van der Waals surface area contributed by atoms with Crippen LogP contribution in [0.3, 0.4) is 0 Å². The molecular formula is C20H32N2O2S. The maximum atomic E-state index is 12.3. The number of thiophene rings is 1. The highest BCUT2D eigenvalue weighted by molar-refractivity contribution is 7.14.